The number of hydrogen-bond acceptors (Lipinski definition) is 2. The largest absolute Gasteiger partial charge is 0.455 e. The number of fused-ring (bicyclic) bond motifs is 1. The van der Waals surface area contributed by atoms with Crippen molar-refractivity contribution in [2.75, 3.05) is 0 Å². The molecule has 0 aliphatic rings. The van der Waals surface area contributed by atoms with Gasteiger partial charge in [0.1, 0.15) is 11.3 Å². The summed E-state index contributed by atoms with van der Waals surface area (Å²) in [5.41, 5.74) is 1.93. The number of hydrogen-bond donors (Lipinski definition) is 0. The Hall–Kier alpha value is -2.79. The molecule has 0 fully saturated rings. The highest BCUT2D eigenvalue weighted by atomic mass is 16.3. The van der Waals surface area contributed by atoms with E-state index in [0.717, 1.165) is 5.56 Å². The van der Waals surface area contributed by atoms with Crippen LogP contribution in [0.2, 0.25) is 0 Å². The molecule has 0 unspecified atom stereocenters. The zero-order chi connectivity index (χ0) is 13.9. The van der Waals surface area contributed by atoms with Gasteiger partial charge in [0.15, 0.2) is 5.43 Å². The van der Waals surface area contributed by atoms with Crippen LogP contribution < -0.4 is 5.43 Å². The van der Waals surface area contributed by atoms with Crippen LogP contribution in [-0.4, -0.2) is 0 Å². The van der Waals surface area contributed by atoms with E-state index >= 15 is 0 Å². The SMILES string of the molecule is C#CCc1c(-c2ccccc2)oc2ccccc2c1=O. The van der Waals surface area contributed by atoms with Crippen molar-refractivity contribution in [3.8, 4) is 23.7 Å². The molecule has 3 rings (SSSR count). The third kappa shape index (κ3) is 2.00. The van der Waals surface area contributed by atoms with Crippen LogP contribution in [0.1, 0.15) is 5.56 Å². The predicted molar refractivity (Wildman–Crippen MR) is 80.5 cm³/mol. The van der Waals surface area contributed by atoms with Crippen LogP contribution in [0.5, 0.6) is 0 Å². The van der Waals surface area contributed by atoms with Gasteiger partial charge in [0.2, 0.25) is 0 Å². The van der Waals surface area contributed by atoms with E-state index in [4.69, 9.17) is 10.8 Å². The van der Waals surface area contributed by atoms with E-state index in [-0.39, 0.29) is 11.8 Å². The highest BCUT2D eigenvalue weighted by molar-refractivity contribution is 5.80. The van der Waals surface area contributed by atoms with Gasteiger partial charge < -0.3 is 4.42 Å². The number of rotatable bonds is 2. The summed E-state index contributed by atoms with van der Waals surface area (Å²) in [7, 11) is 0. The van der Waals surface area contributed by atoms with Gasteiger partial charge in [-0.05, 0) is 12.1 Å². The second-order valence-electron chi connectivity index (χ2n) is 4.48. The van der Waals surface area contributed by atoms with E-state index in [9.17, 15) is 4.79 Å². The minimum absolute atomic E-state index is 0.0522. The zero-order valence-corrected chi connectivity index (χ0v) is 10.8. The Morgan fingerprint density at radius 3 is 2.45 bits per heavy atom. The quantitative estimate of drug-likeness (QED) is 0.658. The van der Waals surface area contributed by atoms with Crippen molar-refractivity contribution in [3.63, 3.8) is 0 Å². The molecule has 2 nitrogen and oxygen atoms in total. The van der Waals surface area contributed by atoms with Gasteiger partial charge in [0, 0.05) is 12.0 Å². The van der Waals surface area contributed by atoms with E-state index in [1.54, 1.807) is 12.1 Å². The molecule has 0 aliphatic heterocycles. The van der Waals surface area contributed by atoms with Gasteiger partial charge in [-0.2, -0.15) is 0 Å². The lowest BCUT2D eigenvalue weighted by molar-refractivity contribution is 0.612. The first kappa shape index (κ1) is 12.3. The highest BCUT2D eigenvalue weighted by Gasteiger charge is 2.14. The maximum absolute atomic E-state index is 12.6. The number of para-hydroxylation sites is 1. The fourth-order valence-corrected chi connectivity index (χ4v) is 2.27. The van der Waals surface area contributed by atoms with Crippen LogP contribution in [0, 0.1) is 12.3 Å². The van der Waals surface area contributed by atoms with E-state index in [1.165, 1.54) is 0 Å². The number of terminal acetylenes is 1. The summed E-state index contributed by atoms with van der Waals surface area (Å²) in [5.74, 6) is 3.10. The molecular weight excluding hydrogens is 248 g/mol. The molecule has 0 atom stereocenters. The van der Waals surface area contributed by atoms with Crippen LogP contribution in [0.25, 0.3) is 22.3 Å². The monoisotopic (exact) mass is 260 g/mol. The Labute approximate surface area is 116 Å². The lowest BCUT2D eigenvalue weighted by atomic mass is 10.0. The molecule has 2 aromatic carbocycles. The smallest absolute Gasteiger partial charge is 0.197 e. The van der Waals surface area contributed by atoms with Crippen molar-refractivity contribution in [3.05, 3.63) is 70.4 Å². The molecule has 96 valence electrons. The fraction of sp³-hybridized carbons (Fsp3) is 0.0556. The standard InChI is InChI=1S/C18H12O2/c1-2-8-15-17(19)14-11-6-7-12-16(14)20-18(15)13-9-4-3-5-10-13/h1,3-7,9-12H,8H2. The summed E-state index contributed by atoms with van der Waals surface area (Å²) >= 11 is 0. The first-order valence-electron chi connectivity index (χ1n) is 6.35. The summed E-state index contributed by atoms with van der Waals surface area (Å²) in [6.45, 7) is 0. The second-order valence-corrected chi connectivity index (χ2v) is 4.48. The predicted octanol–water partition coefficient (Wildman–Crippen LogP) is 3.64. The van der Waals surface area contributed by atoms with Gasteiger partial charge in [-0.15, -0.1) is 12.3 Å². The van der Waals surface area contributed by atoms with Crippen LogP contribution >= 0.6 is 0 Å². The third-order valence-corrected chi connectivity index (χ3v) is 3.21. The summed E-state index contributed by atoms with van der Waals surface area (Å²) in [6, 6.07) is 16.8. The first-order valence-corrected chi connectivity index (χ1v) is 6.35. The molecule has 1 heterocycles. The van der Waals surface area contributed by atoms with Crippen LogP contribution in [-0.2, 0) is 6.42 Å². The van der Waals surface area contributed by atoms with Crippen LogP contribution in [0.3, 0.4) is 0 Å². The highest BCUT2D eigenvalue weighted by Crippen LogP contribution is 2.25. The van der Waals surface area contributed by atoms with Gasteiger partial charge >= 0.3 is 0 Å². The van der Waals surface area contributed by atoms with E-state index in [1.807, 2.05) is 42.5 Å². The van der Waals surface area contributed by atoms with Gasteiger partial charge in [-0.1, -0.05) is 42.5 Å². The van der Waals surface area contributed by atoms with Crippen molar-refractivity contribution in [1.82, 2.24) is 0 Å². The Balaban J connectivity index is 2.39. The van der Waals surface area contributed by atoms with E-state index in [0.29, 0.717) is 22.3 Å². The second kappa shape index (κ2) is 5.07. The molecule has 1 aromatic heterocycles. The van der Waals surface area contributed by atoms with Gasteiger partial charge in [-0.3, -0.25) is 4.79 Å². The third-order valence-electron chi connectivity index (χ3n) is 3.21. The van der Waals surface area contributed by atoms with Crippen molar-refractivity contribution >= 4 is 11.0 Å². The Morgan fingerprint density at radius 2 is 1.70 bits per heavy atom. The maximum atomic E-state index is 12.6. The first-order chi connectivity index (χ1) is 9.81. The topological polar surface area (TPSA) is 30.2 Å². The molecule has 0 amide bonds. The maximum Gasteiger partial charge on any atom is 0.197 e. The van der Waals surface area contributed by atoms with Gasteiger partial charge in [0.25, 0.3) is 0 Å². The summed E-state index contributed by atoms with van der Waals surface area (Å²) in [5, 5.41) is 0.567. The molecule has 0 N–H and O–H groups in total. The number of benzene rings is 2. The molecule has 0 bridgehead atoms. The average molecular weight is 260 g/mol. The summed E-state index contributed by atoms with van der Waals surface area (Å²) < 4.78 is 5.92. The summed E-state index contributed by atoms with van der Waals surface area (Å²) in [6.07, 6.45) is 5.65. The van der Waals surface area contributed by atoms with Crippen molar-refractivity contribution in [2.24, 2.45) is 0 Å². The minimum Gasteiger partial charge on any atom is -0.455 e. The fourth-order valence-electron chi connectivity index (χ4n) is 2.27. The van der Waals surface area contributed by atoms with Crippen molar-refractivity contribution < 1.29 is 4.42 Å². The van der Waals surface area contributed by atoms with Crippen molar-refractivity contribution in [1.29, 1.82) is 0 Å². The minimum atomic E-state index is -0.0522. The summed E-state index contributed by atoms with van der Waals surface area (Å²) in [4.78, 5) is 12.6. The Kier molecular flexibility index (Phi) is 3.10. The molecule has 0 saturated heterocycles. The lowest BCUT2D eigenvalue weighted by Gasteiger charge is -2.08. The lowest BCUT2D eigenvalue weighted by Crippen LogP contribution is -2.10. The zero-order valence-electron chi connectivity index (χ0n) is 10.8. The van der Waals surface area contributed by atoms with Gasteiger partial charge in [0.05, 0.1) is 10.9 Å². The van der Waals surface area contributed by atoms with E-state index in [2.05, 4.69) is 5.92 Å². The molecule has 2 heteroatoms. The molecule has 0 saturated carbocycles. The molecule has 0 spiro atoms. The Morgan fingerprint density at radius 1 is 1.00 bits per heavy atom. The van der Waals surface area contributed by atoms with E-state index < -0.39 is 0 Å². The van der Waals surface area contributed by atoms with Crippen molar-refractivity contribution in [2.45, 2.75) is 6.42 Å². The normalized spacial score (nSPS) is 10.3. The van der Waals surface area contributed by atoms with Crippen LogP contribution in [0.4, 0.5) is 0 Å². The molecular formula is C18H12O2. The average Bonchev–Trinajstić information content (AvgIpc) is 2.51. The van der Waals surface area contributed by atoms with Crippen LogP contribution in [0.15, 0.2) is 63.8 Å². The Bertz CT molecular complexity index is 852. The molecule has 0 aliphatic carbocycles. The molecule has 20 heavy (non-hydrogen) atoms. The molecule has 3 aromatic rings. The molecule has 0 radical (unpaired) electrons. The van der Waals surface area contributed by atoms with Gasteiger partial charge in [-0.25, -0.2) is 0 Å².